The van der Waals surface area contributed by atoms with Gasteiger partial charge in [0.05, 0.1) is 12.2 Å². The summed E-state index contributed by atoms with van der Waals surface area (Å²) in [4.78, 5) is 13.8. The summed E-state index contributed by atoms with van der Waals surface area (Å²) in [6.45, 7) is 3.30. The first-order chi connectivity index (χ1) is 10.9. The molecule has 1 heterocycles. The second-order valence-electron chi connectivity index (χ2n) is 5.72. The largest absolute Gasteiger partial charge is 0.340 e. The van der Waals surface area contributed by atoms with Crippen LogP contribution in [0.3, 0.4) is 0 Å². The van der Waals surface area contributed by atoms with Crippen molar-refractivity contribution in [3.05, 3.63) is 35.6 Å². The molecule has 2 rings (SSSR count). The zero-order chi connectivity index (χ0) is 16.9. The predicted octanol–water partition coefficient (Wildman–Crippen LogP) is 1.64. The van der Waals surface area contributed by atoms with E-state index in [0.29, 0.717) is 38.2 Å². The van der Waals surface area contributed by atoms with Crippen molar-refractivity contribution in [2.75, 3.05) is 31.9 Å². The number of hydrogen-bond donors (Lipinski definition) is 0. The molecule has 1 amide bonds. The van der Waals surface area contributed by atoms with E-state index in [1.165, 1.54) is 10.4 Å². The van der Waals surface area contributed by atoms with Gasteiger partial charge in [0.25, 0.3) is 0 Å². The van der Waals surface area contributed by atoms with E-state index in [1.54, 1.807) is 23.1 Å². The van der Waals surface area contributed by atoms with Gasteiger partial charge in [-0.05, 0) is 18.1 Å². The zero-order valence-corrected chi connectivity index (χ0v) is 14.2. The lowest BCUT2D eigenvalue weighted by Gasteiger charge is -2.34. The van der Waals surface area contributed by atoms with Crippen molar-refractivity contribution in [2.24, 2.45) is 0 Å². The van der Waals surface area contributed by atoms with Gasteiger partial charge < -0.3 is 4.90 Å². The van der Waals surface area contributed by atoms with Crippen molar-refractivity contribution in [1.29, 1.82) is 0 Å². The van der Waals surface area contributed by atoms with E-state index in [4.69, 9.17) is 0 Å². The van der Waals surface area contributed by atoms with Crippen molar-refractivity contribution >= 4 is 15.9 Å². The number of hydrogen-bond acceptors (Lipinski definition) is 3. The van der Waals surface area contributed by atoms with Gasteiger partial charge in [0.1, 0.15) is 5.82 Å². The molecular weight excluding hydrogens is 319 g/mol. The second kappa shape index (κ2) is 7.88. The summed E-state index contributed by atoms with van der Waals surface area (Å²) in [7, 11) is -3.22. The minimum Gasteiger partial charge on any atom is -0.340 e. The van der Waals surface area contributed by atoms with Crippen LogP contribution in [-0.4, -0.2) is 55.5 Å². The molecule has 0 N–H and O–H groups in total. The Labute approximate surface area is 137 Å². The average Bonchev–Trinajstić information content (AvgIpc) is 2.55. The lowest BCUT2D eigenvalue weighted by atomic mass is 10.1. The third-order valence-corrected chi connectivity index (χ3v) is 6.00. The van der Waals surface area contributed by atoms with Crippen molar-refractivity contribution in [3.8, 4) is 0 Å². The fourth-order valence-electron chi connectivity index (χ4n) is 2.59. The molecule has 1 aromatic rings. The Bertz CT molecular complexity index is 640. The smallest absolute Gasteiger partial charge is 0.227 e. The number of nitrogens with zero attached hydrogens (tertiary/aromatic N) is 2. The Balaban J connectivity index is 1.89. The summed E-state index contributed by atoms with van der Waals surface area (Å²) in [5, 5.41) is 0. The molecule has 1 saturated heterocycles. The number of carbonyl (C=O) groups is 1. The maximum atomic E-state index is 13.6. The standard InChI is InChI=1S/C16H23FN2O3S/c1-2-3-12-23(21,22)19-10-8-18(9-11-19)16(20)13-14-6-4-5-7-15(14)17/h4-7H,2-3,8-13H2,1H3. The van der Waals surface area contributed by atoms with Gasteiger partial charge in [0.2, 0.25) is 15.9 Å². The number of unbranched alkanes of at least 4 members (excludes halogenated alkanes) is 1. The highest BCUT2D eigenvalue weighted by molar-refractivity contribution is 7.89. The average molecular weight is 342 g/mol. The first-order valence-electron chi connectivity index (χ1n) is 7.93. The maximum absolute atomic E-state index is 13.6. The highest BCUT2D eigenvalue weighted by atomic mass is 32.2. The number of piperazine rings is 1. The Morgan fingerprint density at radius 1 is 1.17 bits per heavy atom. The minimum absolute atomic E-state index is 0.00918. The highest BCUT2D eigenvalue weighted by Gasteiger charge is 2.28. The van der Waals surface area contributed by atoms with Gasteiger partial charge in [0, 0.05) is 26.2 Å². The van der Waals surface area contributed by atoms with E-state index in [2.05, 4.69) is 0 Å². The van der Waals surface area contributed by atoms with E-state index in [0.717, 1.165) is 6.42 Å². The van der Waals surface area contributed by atoms with Crippen LogP contribution >= 0.6 is 0 Å². The predicted molar refractivity (Wildman–Crippen MR) is 87.0 cm³/mol. The van der Waals surface area contributed by atoms with Crippen LogP contribution in [0.25, 0.3) is 0 Å². The molecule has 0 aromatic heterocycles. The fraction of sp³-hybridized carbons (Fsp3) is 0.562. The monoisotopic (exact) mass is 342 g/mol. The van der Waals surface area contributed by atoms with Crippen molar-refractivity contribution < 1.29 is 17.6 Å². The fourth-order valence-corrected chi connectivity index (χ4v) is 4.22. The number of sulfonamides is 1. The van der Waals surface area contributed by atoms with Gasteiger partial charge in [-0.1, -0.05) is 31.5 Å². The third-order valence-electron chi connectivity index (χ3n) is 4.04. The highest BCUT2D eigenvalue weighted by Crippen LogP contribution is 2.13. The SMILES string of the molecule is CCCCS(=O)(=O)N1CCN(C(=O)Cc2ccccc2F)CC1. The van der Waals surface area contributed by atoms with Gasteiger partial charge >= 0.3 is 0 Å². The summed E-state index contributed by atoms with van der Waals surface area (Å²) >= 11 is 0. The number of halogens is 1. The van der Waals surface area contributed by atoms with E-state index < -0.39 is 10.0 Å². The first kappa shape index (κ1) is 17.9. The van der Waals surface area contributed by atoms with Crippen LogP contribution in [0.4, 0.5) is 4.39 Å². The van der Waals surface area contributed by atoms with Crippen LogP contribution in [-0.2, 0) is 21.2 Å². The zero-order valence-electron chi connectivity index (χ0n) is 13.4. The van der Waals surface area contributed by atoms with Gasteiger partial charge in [-0.2, -0.15) is 4.31 Å². The molecule has 1 aliphatic heterocycles. The quantitative estimate of drug-likeness (QED) is 0.790. The number of rotatable bonds is 6. The molecule has 0 unspecified atom stereocenters. The molecule has 0 bridgehead atoms. The van der Waals surface area contributed by atoms with Crippen LogP contribution in [0.2, 0.25) is 0 Å². The van der Waals surface area contributed by atoms with Crippen LogP contribution in [0, 0.1) is 5.82 Å². The molecule has 1 aliphatic rings. The molecule has 7 heteroatoms. The number of amides is 1. The third kappa shape index (κ3) is 4.75. The molecule has 128 valence electrons. The van der Waals surface area contributed by atoms with Gasteiger partial charge in [-0.15, -0.1) is 0 Å². The van der Waals surface area contributed by atoms with Crippen LogP contribution in [0.15, 0.2) is 24.3 Å². The minimum atomic E-state index is -3.22. The summed E-state index contributed by atoms with van der Waals surface area (Å²) in [5.74, 6) is -0.394. The Hall–Kier alpha value is -1.47. The molecular formula is C16H23FN2O3S. The maximum Gasteiger partial charge on any atom is 0.227 e. The van der Waals surface area contributed by atoms with E-state index in [9.17, 15) is 17.6 Å². The van der Waals surface area contributed by atoms with Gasteiger partial charge in [0.15, 0.2) is 0 Å². The summed E-state index contributed by atoms with van der Waals surface area (Å²) in [5.41, 5.74) is 0.371. The Kier molecular flexibility index (Phi) is 6.12. The first-order valence-corrected chi connectivity index (χ1v) is 9.54. The molecule has 1 aromatic carbocycles. The molecule has 23 heavy (non-hydrogen) atoms. The Morgan fingerprint density at radius 2 is 1.83 bits per heavy atom. The van der Waals surface area contributed by atoms with E-state index in [-0.39, 0.29) is 23.9 Å². The van der Waals surface area contributed by atoms with Gasteiger partial charge in [-0.3, -0.25) is 4.79 Å². The van der Waals surface area contributed by atoms with Crippen LogP contribution in [0.5, 0.6) is 0 Å². The van der Waals surface area contributed by atoms with Crippen LogP contribution in [0.1, 0.15) is 25.3 Å². The van der Waals surface area contributed by atoms with Crippen molar-refractivity contribution in [2.45, 2.75) is 26.2 Å². The van der Waals surface area contributed by atoms with Gasteiger partial charge in [-0.25, -0.2) is 12.8 Å². The van der Waals surface area contributed by atoms with E-state index in [1.807, 2.05) is 6.92 Å². The van der Waals surface area contributed by atoms with Crippen molar-refractivity contribution in [1.82, 2.24) is 9.21 Å². The topological polar surface area (TPSA) is 57.7 Å². The lowest BCUT2D eigenvalue weighted by Crippen LogP contribution is -2.51. The normalized spacial score (nSPS) is 16.5. The molecule has 5 nitrogen and oxygen atoms in total. The Morgan fingerprint density at radius 3 is 2.43 bits per heavy atom. The number of benzene rings is 1. The number of carbonyl (C=O) groups excluding carboxylic acids is 1. The molecule has 0 atom stereocenters. The molecule has 0 saturated carbocycles. The van der Waals surface area contributed by atoms with E-state index >= 15 is 0 Å². The summed E-state index contributed by atoms with van der Waals surface area (Å²) in [6.07, 6.45) is 1.49. The molecule has 0 aliphatic carbocycles. The molecule has 0 spiro atoms. The lowest BCUT2D eigenvalue weighted by molar-refractivity contribution is -0.131. The van der Waals surface area contributed by atoms with Crippen molar-refractivity contribution in [3.63, 3.8) is 0 Å². The van der Waals surface area contributed by atoms with Crippen LogP contribution < -0.4 is 0 Å². The molecule has 1 fully saturated rings. The summed E-state index contributed by atoms with van der Waals surface area (Å²) < 4.78 is 39.3. The molecule has 0 radical (unpaired) electrons. The summed E-state index contributed by atoms with van der Waals surface area (Å²) in [6, 6.07) is 6.22. The second-order valence-corrected chi connectivity index (χ2v) is 7.81.